The lowest BCUT2D eigenvalue weighted by molar-refractivity contribution is -0.178. The first-order valence-electron chi connectivity index (χ1n) is 7.99. The van der Waals surface area contributed by atoms with Crippen LogP contribution in [-0.2, 0) is 9.53 Å². The molecule has 0 spiro atoms. The van der Waals surface area contributed by atoms with Gasteiger partial charge in [0, 0.05) is 10.8 Å². The summed E-state index contributed by atoms with van der Waals surface area (Å²) in [5.74, 6) is 0.176. The molecule has 4 heteroatoms. The number of hydrogen-bond acceptors (Lipinski definition) is 3. The van der Waals surface area contributed by atoms with Crippen LogP contribution in [0, 0.1) is 10.8 Å². The van der Waals surface area contributed by atoms with E-state index >= 15 is 0 Å². The molecule has 0 atom stereocenters. The number of carbonyl (C=O) groups is 2. The highest BCUT2D eigenvalue weighted by atomic mass is 16.6. The van der Waals surface area contributed by atoms with E-state index in [0.29, 0.717) is 0 Å². The first kappa shape index (κ1) is 19.0. The van der Waals surface area contributed by atoms with Crippen LogP contribution in [0.25, 0.3) is 0 Å². The van der Waals surface area contributed by atoms with Gasteiger partial charge in [-0.25, -0.2) is 4.79 Å². The number of likely N-dealkylation sites (tertiary alicyclic amines) is 1. The van der Waals surface area contributed by atoms with Crippen LogP contribution in [0.15, 0.2) is 0 Å². The molecule has 1 heterocycles. The SMILES string of the molecule is CC(C)(C)OC(=O)N1C(C)(C)C(C)(C)C(=O)C(C)(C)C1(C)C. The van der Waals surface area contributed by atoms with Crippen molar-refractivity contribution in [2.45, 2.75) is 92.8 Å². The summed E-state index contributed by atoms with van der Waals surface area (Å²) in [6.07, 6.45) is -0.365. The Hall–Kier alpha value is -1.06. The fraction of sp³-hybridized carbons (Fsp3) is 0.889. The van der Waals surface area contributed by atoms with E-state index < -0.39 is 27.5 Å². The molecule has 1 fully saturated rings. The van der Waals surface area contributed by atoms with Crippen LogP contribution in [0.4, 0.5) is 4.79 Å². The molecule has 1 saturated heterocycles. The molecule has 0 aromatic carbocycles. The number of hydrogen-bond donors (Lipinski definition) is 0. The van der Waals surface area contributed by atoms with E-state index in [9.17, 15) is 9.59 Å². The Bertz CT molecular complexity index is 463. The molecule has 1 aliphatic rings. The third kappa shape index (κ3) is 2.44. The number of Topliss-reactive ketones (excluding diaryl/α,β-unsaturated/α-hetero) is 1. The fourth-order valence-electron chi connectivity index (χ4n) is 3.36. The summed E-state index contributed by atoms with van der Waals surface area (Å²) >= 11 is 0. The van der Waals surface area contributed by atoms with E-state index in [1.807, 2.05) is 76.2 Å². The normalized spacial score (nSPS) is 25.8. The van der Waals surface area contributed by atoms with Gasteiger partial charge in [0.1, 0.15) is 11.4 Å². The summed E-state index contributed by atoms with van der Waals surface area (Å²) in [7, 11) is 0. The molecular formula is C18H33NO3. The Morgan fingerprint density at radius 1 is 0.864 bits per heavy atom. The molecule has 22 heavy (non-hydrogen) atoms. The Labute approximate surface area is 135 Å². The minimum atomic E-state index is -0.664. The zero-order chi connectivity index (χ0) is 17.9. The van der Waals surface area contributed by atoms with Crippen LogP contribution in [0.5, 0.6) is 0 Å². The minimum Gasteiger partial charge on any atom is -0.444 e. The van der Waals surface area contributed by atoms with Crippen molar-refractivity contribution in [3.63, 3.8) is 0 Å². The molecule has 1 aliphatic heterocycles. The van der Waals surface area contributed by atoms with Gasteiger partial charge < -0.3 is 4.74 Å². The van der Waals surface area contributed by atoms with E-state index in [4.69, 9.17) is 4.74 Å². The molecule has 128 valence electrons. The predicted octanol–water partition coefficient (Wildman–Crippen LogP) is 4.42. The molecule has 1 amide bonds. The average molecular weight is 311 g/mol. The third-order valence-electron chi connectivity index (χ3n) is 5.89. The molecule has 0 aromatic heterocycles. The van der Waals surface area contributed by atoms with Crippen molar-refractivity contribution in [3.05, 3.63) is 0 Å². The Balaban J connectivity index is 3.51. The lowest BCUT2D eigenvalue weighted by Crippen LogP contribution is -2.77. The van der Waals surface area contributed by atoms with Gasteiger partial charge in [-0.2, -0.15) is 0 Å². The summed E-state index contributed by atoms with van der Waals surface area (Å²) in [4.78, 5) is 27.8. The smallest absolute Gasteiger partial charge is 0.411 e. The Morgan fingerprint density at radius 2 is 1.18 bits per heavy atom. The molecule has 0 radical (unpaired) electrons. The van der Waals surface area contributed by atoms with Crippen molar-refractivity contribution < 1.29 is 14.3 Å². The molecule has 1 rings (SSSR count). The van der Waals surface area contributed by atoms with Gasteiger partial charge in [0.25, 0.3) is 0 Å². The average Bonchev–Trinajstić information content (AvgIpc) is 2.22. The van der Waals surface area contributed by atoms with E-state index in [1.54, 1.807) is 4.90 Å². The number of ketones is 1. The van der Waals surface area contributed by atoms with Crippen molar-refractivity contribution in [2.24, 2.45) is 10.8 Å². The maximum absolute atomic E-state index is 13.1. The second-order valence-corrected chi connectivity index (χ2v) is 9.51. The zero-order valence-electron chi connectivity index (χ0n) is 16.2. The van der Waals surface area contributed by atoms with E-state index in [-0.39, 0.29) is 11.9 Å². The molecule has 0 bridgehead atoms. The van der Waals surface area contributed by atoms with Crippen LogP contribution in [0.3, 0.4) is 0 Å². The van der Waals surface area contributed by atoms with Crippen molar-refractivity contribution in [1.82, 2.24) is 4.90 Å². The molecule has 0 aromatic rings. The van der Waals surface area contributed by atoms with E-state index in [0.717, 1.165) is 0 Å². The van der Waals surface area contributed by atoms with Gasteiger partial charge in [-0.05, 0) is 48.5 Å². The lowest BCUT2D eigenvalue weighted by atomic mass is 9.53. The molecule has 4 nitrogen and oxygen atoms in total. The monoisotopic (exact) mass is 311 g/mol. The molecule has 0 saturated carbocycles. The largest absolute Gasteiger partial charge is 0.444 e. The van der Waals surface area contributed by atoms with Crippen molar-refractivity contribution >= 4 is 11.9 Å². The second-order valence-electron chi connectivity index (χ2n) is 9.51. The highest BCUT2D eigenvalue weighted by molar-refractivity contribution is 5.94. The second kappa shape index (κ2) is 4.72. The number of ether oxygens (including phenoxy) is 1. The minimum absolute atomic E-state index is 0.176. The van der Waals surface area contributed by atoms with E-state index in [1.165, 1.54) is 0 Å². The summed E-state index contributed by atoms with van der Waals surface area (Å²) in [6, 6.07) is 0. The first-order valence-corrected chi connectivity index (χ1v) is 7.99. The van der Waals surface area contributed by atoms with Gasteiger partial charge >= 0.3 is 6.09 Å². The van der Waals surface area contributed by atoms with Crippen LogP contribution in [0.1, 0.15) is 76.2 Å². The highest BCUT2D eigenvalue weighted by Gasteiger charge is 2.66. The van der Waals surface area contributed by atoms with Gasteiger partial charge in [-0.15, -0.1) is 0 Å². The number of amides is 1. The molecule has 0 unspecified atom stereocenters. The van der Waals surface area contributed by atoms with Crippen molar-refractivity contribution in [3.8, 4) is 0 Å². The summed E-state index contributed by atoms with van der Waals surface area (Å²) < 4.78 is 5.65. The van der Waals surface area contributed by atoms with Crippen molar-refractivity contribution in [2.75, 3.05) is 0 Å². The van der Waals surface area contributed by atoms with Gasteiger partial charge in [-0.3, -0.25) is 9.69 Å². The van der Waals surface area contributed by atoms with Crippen molar-refractivity contribution in [1.29, 1.82) is 0 Å². The van der Waals surface area contributed by atoms with Gasteiger partial charge in [-0.1, -0.05) is 27.7 Å². The number of rotatable bonds is 0. The van der Waals surface area contributed by atoms with Crippen LogP contribution in [-0.4, -0.2) is 33.5 Å². The quantitative estimate of drug-likeness (QED) is 0.665. The molecular weight excluding hydrogens is 278 g/mol. The Morgan fingerprint density at radius 3 is 1.45 bits per heavy atom. The molecule has 0 N–H and O–H groups in total. The van der Waals surface area contributed by atoms with Gasteiger partial charge in [0.15, 0.2) is 0 Å². The number of nitrogens with zero attached hydrogens (tertiary/aromatic N) is 1. The predicted molar refractivity (Wildman–Crippen MR) is 88.8 cm³/mol. The van der Waals surface area contributed by atoms with E-state index in [2.05, 4.69) is 0 Å². The lowest BCUT2D eigenvalue weighted by Gasteiger charge is -2.64. The fourth-order valence-corrected chi connectivity index (χ4v) is 3.36. The summed E-state index contributed by atoms with van der Waals surface area (Å²) in [5.41, 5.74) is -3.19. The molecule has 0 aliphatic carbocycles. The number of carbonyl (C=O) groups excluding carboxylic acids is 2. The maximum Gasteiger partial charge on any atom is 0.411 e. The Kier molecular flexibility index (Phi) is 4.07. The third-order valence-corrected chi connectivity index (χ3v) is 5.89. The van der Waals surface area contributed by atoms with Crippen LogP contribution in [0.2, 0.25) is 0 Å². The van der Waals surface area contributed by atoms with Gasteiger partial charge in [0.2, 0.25) is 0 Å². The summed E-state index contributed by atoms with van der Waals surface area (Å²) in [6.45, 7) is 21.1. The maximum atomic E-state index is 13.1. The van der Waals surface area contributed by atoms with Gasteiger partial charge in [0.05, 0.1) is 11.1 Å². The zero-order valence-corrected chi connectivity index (χ0v) is 16.2. The summed E-state index contributed by atoms with van der Waals surface area (Å²) in [5, 5.41) is 0. The topological polar surface area (TPSA) is 46.6 Å². The van der Waals surface area contributed by atoms with Crippen LogP contribution >= 0.6 is 0 Å². The first-order chi connectivity index (χ1) is 9.40. The highest BCUT2D eigenvalue weighted by Crippen LogP contribution is 2.55. The standard InChI is InChI=1S/C18H33NO3/c1-14(2,3)22-13(21)19-17(8,9)15(4,5)12(20)16(6,7)18(19,10)11/h1-11H3. The van der Waals surface area contributed by atoms with Crippen LogP contribution < -0.4 is 0 Å². The number of piperidine rings is 1.